The molecule has 0 saturated heterocycles. The Bertz CT molecular complexity index is 882. The lowest BCUT2D eigenvalue weighted by atomic mass is 10.1. The first kappa shape index (κ1) is 17.6. The Morgan fingerprint density at radius 3 is 2.44 bits per heavy atom. The number of amides is 1. The van der Waals surface area contributed by atoms with Crippen molar-refractivity contribution < 1.29 is 9.72 Å². The average Bonchev–Trinajstić information content (AvgIpc) is 2.59. The summed E-state index contributed by atoms with van der Waals surface area (Å²) < 4.78 is 0. The molecule has 0 unspecified atom stereocenters. The van der Waals surface area contributed by atoms with Gasteiger partial charge in [0.05, 0.1) is 22.3 Å². The standard InChI is InChI=1S/C17H15N5O3/c1-11(14-4-6-15(7-5-14)19-12(2)23)20-21-16-8-3-13(10-18)9-17(16)22(24)25/h3-9,21H,1-2H3,(H,19,23). The average molecular weight is 337 g/mol. The summed E-state index contributed by atoms with van der Waals surface area (Å²) in [5.41, 5.74) is 4.89. The summed E-state index contributed by atoms with van der Waals surface area (Å²) in [7, 11) is 0. The van der Waals surface area contributed by atoms with Crippen molar-refractivity contribution in [3.63, 3.8) is 0 Å². The summed E-state index contributed by atoms with van der Waals surface area (Å²) >= 11 is 0. The molecule has 0 spiro atoms. The van der Waals surface area contributed by atoms with Crippen molar-refractivity contribution in [3.05, 3.63) is 63.7 Å². The van der Waals surface area contributed by atoms with E-state index in [-0.39, 0.29) is 22.8 Å². The number of nitrogens with zero attached hydrogens (tertiary/aromatic N) is 3. The molecule has 2 rings (SSSR count). The van der Waals surface area contributed by atoms with Crippen LogP contribution < -0.4 is 10.7 Å². The Kier molecular flexibility index (Phi) is 5.43. The molecule has 0 saturated carbocycles. The third kappa shape index (κ3) is 4.62. The van der Waals surface area contributed by atoms with Crippen LogP contribution in [-0.2, 0) is 4.79 Å². The van der Waals surface area contributed by atoms with Crippen molar-refractivity contribution in [1.29, 1.82) is 5.26 Å². The van der Waals surface area contributed by atoms with Crippen LogP contribution in [0.5, 0.6) is 0 Å². The smallest absolute Gasteiger partial charge is 0.295 e. The van der Waals surface area contributed by atoms with E-state index >= 15 is 0 Å². The summed E-state index contributed by atoms with van der Waals surface area (Å²) in [5, 5.41) is 26.7. The van der Waals surface area contributed by atoms with E-state index < -0.39 is 4.92 Å². The van der Waals surface area contributed by atoms with Crippen LogP contribution in [0.3, 0.4) is 0 Å². The first-order valence-electron chi connectivity index (χ1n) is 7.27. The van der Waals surface area contributed by atoms with E-state index in [9.17, 15) is 14.9 Å². The van der Waals surface area contributed by atoms with Gasteiger partial charge in [-0.05, 0) is 36.8 Å². The Labute approximate surface area is 143 Å². The highest BCUT2D eigenvalue weighted by Gasteiger charge is 2.14. The van der Waals surface area contributed by atoms with Gasteiger partial charge in [0, 0.05) is 18.7 Å². The number of nitro benzene ring substituents is 1. The molecule has 2 aromatic carbocycles. The molecule has 0 aliphatic heterocycles. The molecule has 0 aliphatic carbocycles. The normalized spacial score (nSPS) is 10.7. The molecule has 0 heterocycles. The van der Waals surface area contributed by atoms with Crippen LogP contribution in [-0.4, -0.2) is 16.5 Å². The number of hydrogen-bond donors (Lipinski definition) is 2. The van der Waals surface area contributed by atoms with Crippen LogP contribution >= 0.6 is 0 Å². The van der Waals surface area contributed by atoms with Crippen molar-refractivity contribution in [2.75, 3.05) is 10.7 Å². The number of nitriles is 1. The van der Waals surface area contributed by atoms with Gasteiger partial charge in [-0.3, -0.25) is 20.3 Å². The summed E-state index contributed by atoms with van der Waals surface area (Å²) in [6.45, 7) is 3.17. The van der Waals surface area contributed by atoms with Crippen LogP contribution in [0.2, 0.25) is 0 Å². The summed E-state index contributed by atoms with van der Waals surface area (Å²) in [6.07, 6.45) is 0. The lowest BCUT2D eigenvalue weighted by Gasteiger charge is -2.06. The van der Waals surface area contributed by atoms with Crippen LogP contribution in [0.25, 0.3) is 0 Å². The molecule has 2 aromatic rings. The molecule has 0 bridgehead atoms. The molecule has 2 N–H and O–H groups in total. The maximum atomic E-state index is 11.1. The van der Waals surface area contributed by atoms with Crippen molar-refractivity contribution in [2.24, 2.45) is 5.10 Å². The number of nitrogens with one attached hydrogen (secondary N) is 2. The van der Waals surface area contributed by atoms with E-state index in [1.54, 1.807) is 31.2 Å². The Hall–Kier alpha value is -3.73. The fourth-order valence-electron chi connectivity index (χ4n) is 2.05. The van der Waals surface area contributed by atoms with Crippen molar-refractivity contribution in [3.8, 4) is 6.07 Å². The van der Waals surface area contributed by atoms with Crippen molar-refractivity contribution in [2.45, 2.75) is 13.8 Å². The molecule has 0 atom stereocenters. The molecule has 0 aromatic heterocycles. The maximum Gasteiger partial charge on any atom is 0.295 e. The van der Waals surface area contributed by atoms with E-state index in [4.69, 9.17) is 5.26 Å². The van der Waals surface area contributed by atoms with Gasteiger partial charge in [-0.15, -0.1) is 0 Å². The molecule has 25 heavy (non-hydrogen) atoms. The molecule has 126 valence electrons. The van der Waals surface area contributed by atoms with Gasteiger partial charge in [0.2, 0.25) is 5.91 Å². The number of benzene rings is 2. The van der Waals surface area contributed by atoms with Crippen LogP contribution in [0.15, 0.2) is 47.6 Å². The van der Waals surface area contributed by atoms with Crippen LogP contribution in [0.1, 0.15) is 25.0 Å². The van der Waals surface area contributed by atoms with Crippen LogP contribution in [0, 0.1) is 21.4 Å². The van der Waals surface area contributed by atoms with E-state index in [0.717, 1.165) is 5.56 Å². The molecule has 1 amide bonds. The minimum atomic E-state index is -0.573. The fraction of sp³-hybridized carbons (Fsp3) is 0.118. The molecular formula is C17H15N5O3. The zero-order chi connectivity index (χ0) is 18.4. The number of anilines is 2. The van der Waals surface area contributed by atoms with Gasteiger partial charge < -0.3 is 5.32 Å². The second kappa shape index (κ2) is 7.70. The summed E-state index contributed by atoms with van der Waals surface area (Å²) in [5.74, 6) is -0.159. The third-order valence-electron chi connectivity index (χ3n) is 3.29. The number of nitro groups is 1. The zero-order valence-electron chi connectivity index (χ0n) is 13.6. The topological polar surface area (TPSA) is 120 Å². The minimum absolute atomic E-state index is 0.159. The minimum Gasteiger partial charge on any atom is -0.326 e. The van der Waals surface area contributed by atoms with Gasteiger partial charge >= 0.3 is 0 Å². The number of hydrogen-bond acceptors (Lipinski definition) is 6. The predicted octanol–water partition coefficient (Wildman–Crippen LogP) is 3.26. The lowest BCUT2D eigenvalue weighted by molar-refractivity contribution is -0.384. The van der Waals surface area contributed by atoms with E-state index in [1.165, 1.54) is 25.1 Å². The second-order valence-electron chi connectivity index (χ2n) is 5.17. The highest BCUT2D eigenvalue weighted by Crippen LogP contribution is 2.25. The summed E-state index contributed by atoms with van der Waals surface area (Å²) in [6, 6.07) is 13.0. The van der Waals surface area contributed by atoms with E-state index in [0.29, 0.717) is 11.4 Å². The first-order valence-corrected chi connectivity index (χ1v) is 7.27. The fourth-order valence-corrected chi connectivity index (χ4v) is 2.05. The van der Waals surface area contributed by atoms with Crippen molar-refractivity contribution in [1.82, 2.24) is 0 Å². The van der Waals surface area contributed by atoms with Crippen LogP contribution in [0.4, 0.5) is 17.1 Å². The van der Waals surface area contributed by atoms with Gasteiger partial charge in [-0.1, -0.05) is 12.1 Å². The number of carbonyl (C=O) groups excluding carboxylic acids is 1. The van der Waals surface area contributed by atoms with E-state index in [2.05, 4.69) is 15.8 Å². The maximum absolute atomic E-state index is 11.1. The highest BCUT2D eigenvalue weighted by atomic mass is 16.6. The van der Waals surface area contributed by atoms with E-state index in [1.807, 2.05) is 6.07 Å². The highest BCUT2D eigenvalue weighted by molar-refractivity contribution is 5.99. The van der Waals surface area contributed by atoms with Gasteiger partial charge in [-0.2, -0.15) is 10.4 Å². The monoisotopic (exact) mass is 337 g/mol. The number of hydrazone groups is 1. The molecule has 0 fully saturated rings. The third-order valence-corrected chi connectivity index (χ3v) is 3.29. The van der Waals surface area contributed by atoms with Gasteiger partial charge in [0.15, 0.2) is 0 Å². The summed E-state index contributed by atoms with van der Waals surface area (Å²) in [4.78, 5) is 21.5. The molecular weight excluding hydrogens is 322 g/mol. The molecule has 8 nitrogen and oxygen atoms in total. The molecule has 8 heteroatoms. The largest absolute Gasteiger partial charge is 0.326 e. The van der Waals surface area contributed by atoms with Gasteiger partial charge in [0.25, 0.3) is 5.69 Å². The van der Waals surface area contributed by atoms with Gasteiger partial charge in [-0.25, -0.2) is 0 Å². The first-order chi connectivity index (χ1) is 11.9. The quantitative estimate of drug-likeness (QED) is 0.493. The Morgan fingerprint density at radius 1 is 1.20 bits per heavy atom. The number of rotatable bonds is 5. The lowest BCUT2D eigenvalue weighted by Crippen LogP contribution is -2.06. The van der Waals surface area contributed by atoms with Crippen molar-refractivity contribution >= 4 is 28.7 Å². The second-order valence-corrected chi connectivity index (χ2v) is 5.17. The predicted molar refractivity (Wildman–Crippen MR) is 94.4 cm³/mol. The Balaban J connectivity index is 2.20. The Morgan fingerprint density at radius 2 is 1.88 bits per heavy atom. The molecule has 0 radical (unpaired) electrons. The zero-order valence-corrected chi connectivity index (χ0v) is 13.6. The SMILES string of the molecule is CC(=O)Nc1ccc(C(C)=NNc2ccc(C#N)cc2[N+](=O)[O-])cc1. The van der Waals surface area contributed by atoms with Gasteiger partial charge in [0.1, 0.15) is 5.69 Å². The molecule has 0 aliphatic rings. The number of carbonyl (C=O) groups is 1.